The topological polar surface area (TPSA) is 237 Å². The lowest BCUT2D eigenvalue weighted by atomic mass is 10.0. The number of ether oxygens (including phenoxy) is 4. The molecular weight excluding hydrogens is 1330 g/mol. The Hall–Kier alpha value is -1.94. The Balaban J connectivity index is 5.19. The zero-order chi connectivity index (χ0) is 74.8. The predicted octanol–water partition coefficient (Wildman–Crippen LogP) is 25.2. The highest BCUT2D eigenvalue weighted by molar-refractivity contribution is 7.47. The van der Waals surface area contributed by atoms with Gasteiger partial charge in [-0.2, -0.15) is 0 Å². The molecule has 0 aromatic rings. The standard InChI is InChI=1S/C83H162O17P2/c1-6-9-12-15-18-21-23-25-27-29-30-31-33-35-41-45-49-54-59-64-69-83(88)100-79(73-94-81(86)67-62-57-52-47-43-39-37-36-38-42-46-50-55-60-65-76(4)5)75-98-102(91,92)96-71-77(84)70-95-101(89,90)97-74-78(72-93-80(85)66-61-56-51-20-17-14-11-8-3)99-82(87)68-63-58-53-48-44-40-34-32-28-26-24-22-19-16-13-10-7-2/h76-79,84H,6-75H2,1-5H3,(H,89,90)(H,91,92)/t77-,78+,79+/m0/s1. The number of hydrogen-bond donors (Lipinski definition) is 3. The van der Waals surface area contributed by atoms with Gasteiger partial charge >= 0.3 is 39.5 Å². The van der Waals surface area contributed by atoms with Gasteiger partial charge in [0.25, 0.3) is 0 Å². The van der Waals surface area contributed by atoms with E-state index in [0.29, 0.717) is 25.7 Å². The summed E-state index contributed by atoms with van der Waals surface area (Å²) >= 11 is 0. The number of esters is 4. The summed E-state index contributed by atoms with van der Waals surface area (Å²) in [6, 6.07) is 0. The minimum absolute atomic E-state index is 0.109. The molecule has 19 heteroatoms. The summed E-state index contributed by atoms with van der Waals surface area (Å²) < 4.78 is 68.7. The van der Waals surface area contributed by atoms with Gasteiger partial charge in [-0.15, -0.1) is 0 Å². The molecule has 0 rings (SSSR count). The number of carbonyl (C=O) groups is 4. The van der Waals surface area contributed by atoms with E-state index < -0.39 is 97.5 Å². The largest absolute Gasteiger partial charge is 0.472 e. The van der Waals surface area contributed by atoms with E-state index in [1.807, 2.05) is 0 Å². The van der Waals surface area contributed by atoms with Gasteiger partial charge in [0.15, 0.2) is 12.2 Å². The Labute approximate surface area is 626 Å². The highest BCUT2D eigenvalue weighted by Crippen LogP contribution is 2.45. The second kappa shape index (κ2) is 75.9. The van der Waals surface area contributed by atoms with E-state index in [4.69, 9.17) is 37.0 Å². The van der Waals surface area contributed by atoms with Crippen LogP contribution in [0.25, 0.3) is 0 Å². The van der Waals surface area contributed by atoms with Crippen LogP contribution in [0, 0.1) is 5.92 Å². The Bertz CT molecular complexity index is 1940. The third-order valence-corrected chi connectivity index (χ3v) is 21.4. The lowest BCUT2D eigenvalue weighted by Gasteiger charge is -2.21. The molecule has 17 nitrogen and oxygen atoms in total. The van der Waals surface area contributed by atoms with E-state index in [2.05, 4.69) is 34.6 Å². The van der Waals surface area contributed by atoms with Crippen LogP contribution in [0.15, 0.2) is 0 Å². The van der Waals surface area contributed by atoms with Gasteiger partial charge in [-0.25, -0.2) is 9.13 Å². The third-order valence-electron chi connectivity index (χ3n) is 19.5. The Kier molecular flexibility index (Phi) is 74.4. The summed E-state index contributed by atoms with van der Waals surface area (Å²) in [7, 11) is -9.92. The van der Waals surface area contributed by atoms with Gasteiger partial charge in [0.2, 0.25) is 0 Å². The highest BCUT2D eigenvalue weighted by atomic mass is 31.2. The molecule has 0 saturated heterocycles. The average molecular weight is 1490 g/mol. The molecule has 2 unspecified atom stereocenters. The van der Waals surface area contributed by atoms with Crippen molar-refractivity contribution in [2.45, 2.75) is 464 Å². The molecular formula is C83H162O17P2. The number of carbonyl (C=O) groups excluding carboxylic acids is 4. The molecule has 0 bridgehead atoms. The molecule has 0 aliphatic carbocycles. The molecule has 3 N–H and O–H groups in total. The van der Waals surface area contributed by atoms with E-state index >= 15 is 0 Å². The molecule has 0 heterocycles. The molecule has 102 heavy (non-hydrogen) atoms. The van der Waals surface area contributed by atoms with Gasteiger partial charge in [0.1, 0.15) is 19.3 Å². The Morgan fingerprint density at radius 1 is 0.265 bits per heavy atom. The third kappa shape index (κ3) is 76.3. The predicted molar refractivity (Wildman–Crippen MR) is 418 cm³/mol. The van der Waals surface area contributed by atoms with Crippen molar-refractivity contribution in [1.29, 1.82) is 0 Å². The summed E-state index contributed by atoms with van der Waals surface area (Å²) in [6.07, 6.45) is 68.1. The maximum Gasteiger partial charge on any atom is 0.472 e. The first-order valence-corrected chi connectivity index (χ1v) is 46.1. The second-order valence-corrected chi connectivity index (χ2v) is 33.3. The van der Waals surface area contributed by atoms with Crippen molar-refractivity contribution in [3.8, 4) is 0 Å². The van der Waals surface area contributed by atoms with Crippen molar-refractivity contribution in [2.24, 2.45) is 5.92 Å². The van der Waals surface area contributed by atoms with Gasteiger partial charge < -0.3 is 33.8 Å². The van der Waals surface area contributed by atoms with Crippen molar-refractivity contribution in [1.82, 2.24) is 0 Å². The first-order valence-electron chi connectivity index (χ1n) is 43.1. The SMILES string of the molecule is CCCCCCCCCCCCCCCCCCCCCCC(=O)O[C@H](COC(=O)CCCCCCCCCCCCCCCCC(C)C)COP(=O)(O)OC[C@@H](O)COP(=O)(O)OC[C@@H](COC(=O)CCCCCCCCCC)OC(=O)CCCCCCCCCCCCCCCCCCC. The first-order chi connectivity index (χ1) is 49.5. The molecule has 0 saturated carbocycles. The van der Waals surface area contributed by atoms with Crippen molar-refractivity contribution in [2.75, 3.05) is 39.6 Å². The van der Waals surface area contributed by atoms with E-state index in [0.717, 1.165) is 95.8 Å². The number of phosphoric acid groups is 2. The summed E-state index contributed by atoms with van der Waals surface area (Å²) in [5, 5.41) is 10.6. The van der Waals surface area contributed by atoms with Crippen molar-refractivity contribution in [3.05, 3.63) is 0 Å². The van der Waals surface area contributed by atoms with Crippen molar-refractivity contribution in [3.63, 3.8) is 0 Å². The maximum atomic E-state index is 13.1. The fourth-order valence-electron chi connectivity index (χ4n) is 12.9. The molecule has 0 radical (unpaired) electrons. The van der Waals surface area contributed by atoms with Gasteiger partial charge in [-0.3, -0.25) is 37.3 Å². The van der Waals surface area contributed by atoms with E-state index in [1.54, 1.807) is 0 Å². The van der Waals surface area contributed by atoms with E-state index in [-0.39, 0.29) is 25.7 Å². The molecule has 0 aromatic heterocycles. The van der Waals surface area contributed by atoms with Gasteiger partial charge in [-0.05, 0) is 31.6 Å². The van der Waals surface area contributed by atoms with Crippen molar-refractivity contribution >= 4 is 39.5 Å². The Morgan fingerprint density at radius 2 is 0.451 bits per heavy atom. The number of aliphatic hydroxyl groups is 1. The van der Waals surface area contributed by atoms with Crippen LogP contribution in [-0.4, -0.2) is 96.7 Å². The zero-order valence-corrected chi connectivity index (χ0v) is 68.5. The van der Waals surface area contributed by atoms with E-state index in [9.17, 15) is 43.2 Å². The molecule has 5 atom stereocenters. The monoisotopic (exact) mass is 1490 g/mol. The van der Waals surface area contributed by atoms with Crippen LogP contribution in [-0.2, 0) is 65.4 Å². The van der Waals surface area contributed by atoms with Crippen LogP contribution in [0.2, 0.25) is 0 Å². The molecule has 0 amide bonds. The van der Waals surface area contributed by atoms with Crippen LogP contribution < -0.4 is 0 Å². The fourth-order valence-corrected chi connectivity index (χ4v) is 14.5. The Morgan fingerprint density at radius 3 is 0.667 bits per heavy atom. The quantitative estimate of drug-likeness (QED) is 0.0222. The van der Waals surface area contributed by atoms with Gasteiger partial charge in [-0.1, -0.05) is 394 Å². The fraction of sp³-hybridized carbons (Fsp3) is 0.952. The molecule has 0 aliphatic rings. The number of unbranched alkanes of at least 4 members (excludes halogenated alkanes) is 55. The summed E-state index contributed by atoms with van der Waals surface area (Å²) in [4.78, 5) is 73.0. The second-order valence-electron chi connectivity index (χ2n) is 30.3. The summed E-state index contributed by atoms with van der Waals surface area (Å²) in [6.45, 7) is 7.34. The summed E-state index contributed by atoms with van der Waals surface area (Å²) in [5.41, 5.74) is 0. The molecule has 0 fully saturated rings. The van der Waals surface area contributed by atoms with Crippen LogP contribution in [0.3, 0.4) is 0 Å². The van der Waals surface area contributed by atoms with Crippen LogP contribution in [0.1, 0.15) is 446 Å². The zero-order valence-electron chi connectivity index (χ0n) is 66.8. The number of phosphoric ester groups is 2. The minimum Gasteiger partial charge on any atom is -0.462 e. The van der Waals surface area contributed by atoms with Crippen LogP contribution in [0.5, 0.6) is 0 Å². The van der Waals surface area contributed by atoms with Crippen LogP contribution >= 0.6 is 15.6 Å². The first kappa shape index (κ1) is 100. The molecule has 0 spiro atoms. The number of aliphatic hydroxyl groups excluding tert-OH is 1. The average Bonchev–Trinajstić information content (AvgIpc) is 0.976. The smallest absolute Gasteiger partial charge is 0.462 e. The highest BCUT2D eigenvalue weighted by Gasteiger charge is 2.30. The normalized spacial score (nSPS) is 13.8. The van der Waals surface area contributed by atoms with E-state index in [1.165, 1.54) is 270 Å². The lowest BCUT2D eigenvalue weighted by Crippen LogP contribution is -2.30. The van der Waals surface area contributed by atoms with Gasteiger partial charge in [0.05, 0.1) is 26.4 Å². The van der Waals surface area contributed by atoms with Gasteiger partial charge in [0, 0.05) is 25.7 Å². The molecule has 606 valence electrons. The minimum atomic E-state index is -4.96. The van der Waals surface area contributed by atoms with Crippen LogP contribution in [0.4, 0.5) is 0 Å². The molecule has 0 aromatic carbocycles. The summed E-state index contributed by atoms with van der Waals surface area (Å²) in [5.74, 6) is -1.31. The molecule has 0 aliphatic heterocycles. The number of hydrogen-bond acceptors (Lipinski definition) is 15. The number of rotatable bonds is 83. The van der Waals surface area contributed by atoms with Crippen molar-refractivity contribution < 1.29 is 80.2 Å². The lowest BCUT2D eigenvalue weighted by molar-refractivity contribution is -0.161. The maximum absolute atomic E-state index is 13.1.